The van der Waals surface area contributed by atoms with E-state index in [0.29, 0.717) is 41.4 Å². The van der Waals surface area contributed by atoms with Crippen molar-refractivity contribution in [2.75, 3.05) is 23.1 Å². The minimum atomic E-state index is -4.75. The molecule has 1 saturated heterocycles. The molecule has 11 nitrogen and oxygen atoms in total. The number of nitrogens with one attached hydrogen (secondary N) is 2. The molecule has 0 radical (unpaired) electrons. The highest BCUT2D eigenvalue weighted by atomic mass is 32.2. The molecule has 0 bridgehead atoms. The predicted molar refractivity (Wildman–Crippen MR) is 156 cm³/mol. The summed E-state index contributed by atoms with van der Waals surface area (Å²) in [6.45, 7) is 3.90. The molecule has 44 heavy (non-hydrogen) atoms. The minimum absolute atomic E-state index is 0.0626. The maximum atomic E-state index is 16.1. The van der Waals surface area contributed by atoms with Crippen LogP contribution in [0.25, 0.3) is 21.8 Å². The Hall–Kier alpha value is -4.83. The minimum Gasteiger partial charge on any atom is -0.465 e. The lowest BCUT2D eigenvalue weighted by Gasteiger charge is -2.29. The number of rotatable bonds is 8. The molecule has 0 saturated carbocycles. The van der Waals surface area contributed by atoms with Crippen LogP contribution in [0.2, 0.25) is 0 Å². The summed E-state index contributed by atoms with van der Waals surface area (Å²) in [7, 11) is -4.75. The molecular weight excluding hydrogens is 621 g/mol. The fourth-order valence-electron chi connectivity index (χ4n) is 4.60. The van der Waals surface area contributed by atoms with Crippen LogP contribution in [0.15, 0.2) is 66.2 Å². The highest BCUT2D eigenvalue weighted by Gasteiger charge is 2.30. The van der Waals surface area contributed by atoms with Gasteiger partial charge in [-0.2, -0.15) is 0 Å². The van der Waals surface area contributed by atoms with Gasteiger partial charge in [0.25, 0.3) is 10.0 Å². The van der Waals surface area contributed by atoms with Gasteiger partial charge in [-0.1, -0.05) is 12.6 Å². The monoisotopic (exact) mass is 644 g/mol. The highest BCUT2D eigenvalue weighted by molar-refractivity contribution is 7.92. The van der Waals surface area contributed by atoms with Crippen molar-refractivity contribution in [2.45, 2.75) is 23.7 Å². The van der Waals surface area contributed by atoms with E-state index < -0.39 is 50.1 Å². The molecule has 2 amide bonds. The second-order valence-electron chi connectivity index (χ2n) is 9.60. The van der Waals surface area contributed by atoms with E-state index in [2.05, 4.69) is 26.8 Å². The summed E-state index contributed by atoms with van der Waals surface area (Å²) in [6.07, 6.45) is 2.51. The number of carboxylic acid groups (broad SMARTS) is 1. The number of halogens is 3. The highest BCUT2D eigenvalue weighted by Crippen LogP contribution is 2.42. The second kappa shape index (κ2) is 12.4. The predicted octanol–water partition coefficient (Wildman–Crippen LogP) is 5.47. The quantitative estimate of drug-likeness (QED) is 0.214. The molecule has 0 aliphatic carbocycles. The molecule has 4 aromatic rings. The summed E-state index contributed by atoms with van der Waals surface area (Å²) >= 11 is 1.14. The summed E-state index contributed by atoms with van der Waals surface area (Å²) in [4.78, 5) is 37.1. The van der Waals surface area contributed by atoms with Crippen molar-refractivity contribution in [3.8, 4) is 21.8 Å². The van der Waals surface area contributed by atoms with Crippen LogP contribution in [-0.2, 0) is 14.8 Å². The number of carbonyl (C=O) groups excluding carboxylic acids is 1. The Morgan fingerprint density at radius 1 is 1.14 bits per heavy atom. The molecule has 5 rings (SSSR count). The summed E-state index contributed by atoms with van der Waals surface area (Å²) in [6, 6.07) is 7.19. The van der Waals surface area contributed by atoms with E-state index in [9.17, 15) is 31.9 Å². The van der Waals surface area contributed by atoms with Crippen LogP contribution in [0, 0.1) is 17.5 Å². The lowest BCUT2D eigenvalue weighted by Crippen LogP contribution is -2.38. The number of nitrogens with zero attached hydrogens (tertiary/aromatic N) is 4. The second-order valence-corrected chi connectivity index (χ2v) is 12.3. The smallest absolute Gasteiger partial charge is 0.407 e. The fraction of sp³-hybridized carbons (Fsp3) is 0.179. The van der Waals surface area contributed by atoms with Crippen molar-refractivity contribution < 1.29 is 36.3 Å². The largest absolute Gasteiger partial charge is 0.465 e. The van der Waals surface area contributed by atoms with Gasteiger partial charge < -0.3 is 10.0 Å². The maximum absolute atomic E-state index is 16.1. The molecule has 1 aliphatic rings. The van der Waals surface area contributed by atoms with Crippen LogP contribution in [0.3, 0.4) is 0 Å². The first-order chi connectivity index (χ1) is 21.0. The molecule has 3 heterocycles. The lowest BCUT2D eigenvalue weighted by molar-refractivity contribution is -0.111. The molecule has 2 aromatic carbocycles. The fourth-order valence-corrected chi connectivity index (χ4v) is 6.93. The van der Waals surface area contributed by atoms with Gasteiger partial charge in [0.05, 0.1) is 27.0 Å². The zero-order chi connectivity index (χ0) is 31.6. The van der Waals surface area contributed by atoms with Gasteiger partial charge >= 0.3 is 6.09 Å². The van der Waals surface area contributed by atoms with Crippen LogP contribution in [-0.4, -0.2) is 58.5 Å². The summed E-state index contributed by atoms with van der Waals surface area (Å²) in [5, 5.41) is 12.5. The molecule has 1 unspecified atom stereocenters. The van der Waals surface area contributed by atoms with Gasteiger partial charge in [0.1, 0.15) is 16.5 Å². The SMILES string of the molecule is C=CC(=O)Nc1nccc(-c2sc(C3CCCN(C(=O)O)C3)nc2-c2cccc(NS(=O)(=O)c3cc(F)ccc3F)c2F)n1. The third-order valence-electron chi connectivity index (χ3n) is 6.67. The lowest BCUT2D eigenvalue weighted by atomic mass is 9.99. The van der Waals surface area contributed by atoms with Gasteiger partial charge in [-0.05, 0) is 55.3 Å². The van der Waals surface area contributed by atoms with Gasteiger partial charge in [-0.25, -0.2) is 41.3 Å². The van der Waals surface area contributed by atoms with Crippen molar-refractivity contribution in [3.63, 3.8) is 0 Å². The zero-order valence-corrected chi connectivity index (χ0v) is 24.3. The van der Waals surface area contributed by atoms with Crippen LogP contribution >= 0.6 is 11.3 Å². The van der Waals surface area contributed by atoms with E-state index >= 15 is 4.39 Å². The Morgan fingerprint density at radius 2 is 1.93 bits per heavy atom. The first kappa shape index (κ1) is 30.6. The topological polar surface area (TPSA) is 154 Å². The van der Waals surface area contributed by atoms with Gasteiger partial charge in [-0.15, -0.1) is 11.3 Å². The van der Waals surface area contributed by atoms with Crippen LogP contribution < -0.4 is 10.0 Å². The molecular formula is C28H23F3N6O5S2. The average molecular weight is 645 g/mol. The number of sulfonamides is 1. The van der Waals surface area contributed by atoms with Crippen LogP contribution in [0.1, 0.15) is 23.8 Å². The average Bonchev–Trinajstić information content (AvgIpc) is 3.45. The number of benzene rings is 2. The van der Waals surface area contributed by atoms with Crippen molar-refractivity contribution in [3.05, 3.63) is 83.8 Å². The number of carbonyl (C=O) groups is 2. The molecule has 1 fully saturated rings. The molecule has 1 atom stereocenters. The summed E-state index contributed by atoms with van der Waals surface area (Å²) < 4.78 is 71.8. The first-order valence-electron chi connectivity index (χ1n) is 13.0. The number of aromatic nitrogens is 3. The van der Waals surface area contributed by atoms with E-state index in [1.165, 1.54) is 29.3 Å². The molecule has 3 N–H and O–H groups in total. The van der Waals surface area contributed by atoms with E-state index in [1.807, 2.05) is 4.72 Å². The molecule has 16 heteroatoms. The zero-order valence-electron chi connectivity index (χ0n) is 22.6. The molecule has 1 aliphatic heterocycles. The number of piperidine rings is 1. The standard InChI is InChI=1S/C28H23F3N6O5S2/c1-2-22(38)34-27-32-11-10-20(33-27)25-24(35-26(43-25)15-5-4-12-37(14-15)28(39)40)17-6-3-7-19(23(17)31)36-44(41,42)21-13-16(29)8-9-18(21)30/h2-3,6-11,13,15,36H,1,4-5,12,14H2,(H,39,40)(H,32,33,34,38). The van der Waals surface area contributed by atoms with Crippen molar-refractivity contribution >= 4 is 45.0 Å². The Labute approximate surface area is 253 Å². The Bertz CT molecular complexity index is 1890. The molecule has 228 valence electrons. The third-order valence-corrected chi connectivity index (χ3v) is 9.30. The number of anilines is 2. The Balaban J connectivity index is 1.60. The third kappa shape index (κ3) is 6.40. The molecule has 0 spiro atoms. The summed E-state index contributed by atoms with van der Waals surface area (Å²) in [5.74, 6) is -4.24. The number of hydrogen-bond donors (Lipinski definition) is 3. The Morgan fingerprint density at radius 3 is 2.68 bits per heavy atom. The van der Waals surface area contributed by atoms with Crippen molar-refractivity contribution in [2.24, 2.45) is 0 Å². The van der Waals surface area contributed by atoms with Gasteiger partial charge in [0.2, 0.25) is 11.9 Å². The number of hydrogen-bond acceptors (Lipinski definition) is 8. The van der Waals surface area contributed by atoms with E-state index in [-0.39, 0.29) is 35.4 Å². The van der Waals surface area contributed by atoms with Gasteiger partial charge in [0, 0.05) is 30.8 Å². The summed E-state index contributed by atoms with van der Waals surface area (Å²) in [5.41, 5.74) is -0.393. The van der Waals surface area contributed by atoms with Crippen molar-refractivity contribution in [1.29, 1.82) is 0 Å². The Kier molecular flexibility index (Phi) is 8.64. The molecule has 2 aromatic heterocycles. The van der Waals surface area contributed by atoms with Crippen LogP contribution in [0.4, 0.5) is 29.6 Å². The van der Waals surface area contributed by atoms with E-state index in [0.717, 1.165) is 29.5 Å². The van der Waals surface area contributed by atoms with Gasteiger partial charge in [0.15, 0.2) is 5.82 Å². The van der Waals surface area contributed by atoms with Crippen molar-refractivity contribution in [1.82, 2.24) is 19.9 Å². The maximum Gasteiger partial charge on any atom is 0.407 e. The first-order valence-corrected chi connectivity index (χ1v) is 15.3. The number of amides is 2. The van der Waals surface area contributed by atoms with Gasteiger partial charge in [-0.3, -0.25) is 14.8 Å². The van der Waals surface area contributed by atoms with E-state index in [4.69, 9.17) is 0 Å². The number of thiazole rings is 1. The van der Waals surface area contributed by atoms with Crippen LogP contribution in [0.5, 0.6) is 0 Å². The van der Waals surface area contributed by atoms with E-state index in [1.54, 1.807) is 0 Å². The normalized spacial score (nSPS) is 15.1. The number of likely N-dealkylation sites (tertiary alicyclic amines) is 1.